The number of carbonyl (C=O) groups is 1. The fourth-order valence-corrected chi connectivity index (χ4v) is 4.31. The van der Waals surface area contributed by atoms with Crippen molar-refractivity contribution in [1.82, 2.24) is 15.3 Å². The highest BCUT2D eigenvalue weighted by Gasteiger charge is 2.21. The summed E-state index contributed by atoms with van der Waals surface area (Å²) in [6.07, 6.45) is 5.08. The molecule has 4 rings (SSSR count). The molecule has 0 saturated carbocycles. The normalized spacial score (nSPS) is 12.2. The number of nitrogens with one attached hydrogen (secondary N) is 2. The number of benzene rings is 2. The molecule has 2 aromatic carbocycles. The minimum atomic E-state index is -0.782. The highest BCUT2D eigenvalue weighted by molar-refractivity contribution is 5.99. The van der Waals surface area contributed by atoms with Crippen molar-refractivity contribution >= 4 is 23.0 Å². The van der Waals surface area contributed by atoms with Crippen LogP contribution in [0.2, 0.25) is 0 Å². The molecule has 3 N–H and O–H groups in total. The Morgan fingerprint density at radius 3 is 2.55 bits per heavy atom. The molecule has 6 nitrogen and oxygen atoms in total. The first-order valence-corrected chi connectivity index (χ1v) is 12.2. The van der Waals surface area contributed by atoms with Gasteiger partial charge in [0, 0.05) is 46.1 Å². The van der Waals surface area contributed by atoms with Gasteiger partial charge in [-0.15, -0.1) is 0 Å². The Bertz CT molecular complexity index is 1570. The molecule has 0 fully saturated rings. The summed E-state index contributed by atoms with van der Waals surface area (Å²) in [4.78, 5) is 20.3. The molecule has 8 heteroatoms. The number of amides is 1. The molecule has 38 heavy (non-hydrogen) atoms. The van der Waals surface area contributed by atoms with Crippen molar-refractivity contribution in [3.63, 3.8) is 0 Å². The number of aryl methyl sites for hydroxylation is 1. The molecule has 0 saturated heterocycles. The van der Waals surface area contributed by atoms with Crippen molar-refractivity contribution in [2.45, 2.75) is 40.2 Å². The van der Waals surface area contributed by atoms with Crippen molar-refractivity contribution < 1.29 is 23.4 Å². The predicted octanol–water partition coefficient (Wildman–Crippen LogP) is 6.09. The molecule has 0 spiro atoms. The molecule has 198 valence electrons. The average molecular weight is 520 g/mol. The van der Waals surface area contributed by atoms with E-state index in [1.165, 1.54) is 25.3 Å². The Hall–Kier alpha value is -4.04. The van der Waals surface area contributed by atoms with Gasteiger partial charge in [-0.2, -0.15) is 0 Å². The number of hydrogen-bond donors (Lipinski definition) is 3. The molecule has 0 bridgehead atoms. The number of fused-ring (bicyclic) bond motifs is 1. The third-order valence-corrected chi connectivity index (χ3v) is 6.60. The van der Waals surface area contributed by atoms with E-state index in [1.807, 2.05) is 13.0 Å². The second-order valence-electron chi connectivity index (χ2n) is 10.1. The van der Waals surface area contributed by atoms with Crippen LogP contribution in [0.15, 0.2) is 48.3 Å². The fraction of sp³-hybridized carbons (Fsp3) is 0.267. The summed E-state index contributed by atoms with van der Waals surface area (Å²) in [6.45, 7) is 8.41. The number of aromatic amines is 1. The second-order valence-corrected chi connectivity index (χ2v) is 10.1. The lowest BCUT2D eigenvalue weighted by Crippen LogP contribution is -2.46. The van der Waals surface area contributed by atoms with Crippen LogP contribution in [0, 0.1) is 25.5 Å². The Kier molecular flexibility index (Phi) is 7.37. The van der Waals surface area contributed by atoms with E-state index in [1.54, 1.807) is 52.2 Å². The highest BCUT2D eigenvalue weighted by atomic mass is 19.1. The Labute approximate surface area is 220 Å². The molecule has 0 aliphatic rings. The molecule has 2 heterocycles. The first-order chi connectivity index (χ1) is 17.9. The van der Waals surface area contributed by atoms with Gasteiger partial charge in [-0.05, 0) is 87.2 Å². The number of aliphatic hydroxyl groups is 1. The molecule has 0 unspecified atom stereocenters. The van der Waals surface area contributed by atoms with E-state index in [0.717, 1.165) is 16.5 Å². The monoisotopic (exact) mass is 519 g/mol. The van der Waals surface area contributed by atoms with Gasteiger partial charge >= 0.3 is 0 Å². The molecule has 4 aromatic rings. The number of carbonyl (C=O) groups excluding carboxylic acids is 1. The van der Waals surface area contributed by atoms with Gasteiger partial charge in [-0.1, -0.05) is 0 Å². The number of halogens is 2. The van der Waals surface area contributed by atoms with Crippen molar-refractivity contribution in [2.24, 2.45) is 0 Å². The Morgan fingerprint density at radius 1 is 1.13 bits per heavy atom. The average Bonchev–Trinajstić information content (AvgIpc) is 3.30. The van der Waals surface area contributed by atoms with E-state index in [9.17, 15) is 18.7 Å². The third-order valence-electron chi connectivity index (χ3n) is 6.60. The van der Waals surface area contributed by atoms with Crippen LogP contribution in [0.4, 0.5) is 8.78 Å². The van der Waals surface area contributed by atoms with E-state index in [0.29, 0.717) is 44.8 Å². The molecule has 0 aliphatic heterocycles. The number of pyridine rings is 1. The van der Waals surface area contributed by atoms with Crippen molar-refractivity contribution in [1.29, 1.82) is 0 Å². The first-order valence-electron chi connectivity index (χ1n) is 12.2. The zero-order valence-electron chi connectivity index (χ0n) is 22.3. The largest absolute Gasteiger partial charge is 0.496 e. The van der Waals surface area contributed by atoms with E-state index in [2.05, 4.69) is 15.3 Å². The summed E-state index contributed by atoms with van der Waals surface area (Å²) in [6, 6.07) is 7.81. The van der Waals surface area contributed by atoms with Crippen LogP contribution in [0.25, 0.3) is 39.4 Å². The van der Waals surface area contributed by atoms with E-state index >= 15 is 0 Å². The Morgan fingerprint density at radius 2 is 1.87 bits per heavy atom. The predicted molar refractivity (Wildman–Crippen MR) is 146 cm³/mol. The number of H-pyrrole nitrogens is 1. The molecule has 1 amide bonds. The van der Waals surface area contributed by atoms with Crippen molar-refractivity contribution in [3.05, 3.63) is 76.6 Å². The molecule has 0 radical (unpaired) electrons. The molecule has 0 aliphatic carbocycles. The molecular weight excluding hydrogens is 488 g/mol. The lowest BCUT2D eigenvalue weighted by atomic mass is 9.94. The van der Waals surface area contributed by atoms with Crippen LogP contribution in [0.3, 0.4) is 0 Å². The molecule has 0 atom stereocenters. The number of methoxy groups -OCH3 is 1. The zero-order chi connectivity index (χ0) is 27.8. The van der Waals surface area contributed by atoms with E-state index in [-0.39, 0.29) is 18.3 Å². The van der Waals surface area contributed by atoms with Crippen LogP contribution < -0.4 is 10.1 Å². The van der Waals surface area contributed by atoms with Crippen molar-refractivity contribution in [2.75, 3.05) is 13.7 Å². The quantitative estimate of drug-likeness (QED) is 0.258. The topological polar surface area (TPSA) is 87.2 Å². The summed E-state index contributed by atoms with van der Waals surface area (Å²) in [5.41, 5.74) is 4.84. The van der Waals surface area contributed by atoms with Gasteiger partial charge in [-0.25, -0.2) is 13.8 Å². The number of aromatic nitrogens is 2. The van der Waals surface area contributed by atoms with Crippen LogP contribution in [-0.4, -0.2) is 40.2 Å². The molecule has 2 aromatic heterocycles. The van der Waals surface area contributed by atoms with Gasteiger partial charge in [0.05, 0.1) is 19.3 Å². The summed E-state index contributed by atoms with van der Waals surface area (Å²) in [7, 11) is 1.49. The highest BCUT2D eigenvalue weighted by Crippen LogP contribution is 2.38. The van der Waals surface area contributed by atoms with E-state index in [4.69, 9.17) is 4.74 Å². The van der Waals surface area contributed by atoms with Crippen LogP contribution in [-0.2, 0) is 4.79 Å². The zero-order valence-corrected chi connectivity index (χ0v) is 22.3. The van der Waals surface area contributed by atoms with Crippen LogP contribution >= 0.6 is 0 Å². The standard InChI is InChI=1S/C30H31F2N3O3/c1-16-8-23(27(38-6)12-26(16)32)25-14-34-28-24(25)10-20(13-33-28)22-11-21(31)9-19(18(22)3)7-17(2)29(37)35-30(4,5)15-36/h7-14,36H,15H2,1-6H3,(H,33,34)(H,35,37)/b17-7+. The first kappa shape index (κ1) is 27.0. The summed E-state index contributed by atoms with van der Waals surface area (Å²) in [5, 5.41) is 13.0. The maximum atomic E-state index is 14.8. The summed E-state index contributed by atoms with van der Waals surface area (Å²) >= 11 is 0. The fourth-order valence-electron chi connectivity index (χ4n) is 4.31. The minimum absolute atomic E-state index is 0.213. The minimum Gasteiger partial charge on any atom is -0.496 e. The maximum Gasteiger partial charge on any atom is 0.247 e. The summed E-state index contributed by atoms with van der Waals surface area (Å²) < 4.78 is 34.4. The van der Waals surface area contributed by atoms with Crippen LogP contribution in [0.5, 0.6) is 5.75 Å². The molecular formula is C30H31F2N3O3. The van der Waals surface area contributed by atoms with Gasteiger partial charge in [0.15, 0.2) is 0 Å². The summed E-state index contributed by atoms with van der Waals surface area (Å²) in [5.74, 6) is -0.764. The SMILES string of the molecule is COc1cc(F)c(C)cc1-c1c[nH]c2ncc(-c3cc(F)cc(/C=C(\C)C(=O)NC(C)(C)CO)c3C)cc12. The number of ether oxygens (including phenoxy) is 1. The van der Waals surface area contributed by atoms with Gasteiger partial charge in [0.1, 0.15) is 23.0 Å². The van der Waals surface area contributed by atoms with Crippen molar-refractivity contribution in [3.8, 4) is 28.0 Å². The van der Waals surface area contributed by atoms with Gasteiger partial charge < -0.3 is 20.1 Å². The lowest BCUT2D eigenvalue weighted by Gasteiger charge is -2.23. The van der Waals surface area contributed by atoms with Crippen LogP contribution in [0.1, 0.15) is 37.5 Å². The van der Waals surface area contributed by atoms with Gasteiger partial charge in [-0.3, -0.25) is 4.79 Å². The second kappa shape index (κ2) is 10.4. The lowest BCUT2D eigenvalue weighted by molar-refractivity contribution is -0.119. The van der Waals surface area contributed by atoms with E-state index < -0.39 is 11.4 Å². The number of hydrogen-bond acceptors (Lipinski definition) is 4. The number of nitrogens with zero attached hydrogens (tertiary/aromatic N) is 1. The van der Waals surface area contributed by atoms with Gasteiger partial charge in [0.25, 0.3) is 0 Å². The number of rotatable bonds is 7. The Balaban J connectivity index is 1.80. The maximum absolute atomic E-state index is 14.8. The third kappa shape index (κ3) is 5.31. The number of aliphatic hydroxyl groups excluding tert-OH is 1. The smallest absolute Gasteiger partial charge is 0.247 e. The van der Waals surface area contributed by atoms with Gasteiger partial charge in [0.2, 0.25) is 5.91 Å².